The molecule has 10 aromatic carbocycles. The third kappa shape index (κ3) is 5.80. The number of nitrogens with zero attached hydrogens (tertiary/aromatic N) is 4. The largest absolute Gasteiger partial charge is 0.309 e. The van der Waals surface area contributed by atoms with E-state index in [0.717, 1.165) is 60.8 Å². The first kappa shape index (κ1) is 34.8. The Kier molecular flexibility index (Phi) is 8.13. The molecule has 0 aliphatic rings. The van der Waals surface area contributed by atoms with Crippen molar-refractivity contribution in [3.05, 3.63) is 218 Å². The first-order chi connectivity index (χ1) is 30.3. The van der Waals surface area contributed by atoms with E-state index in [1.165, 1.54) is 38.0 Å². The lowest BCUT2D eigenvalue weighted by molar-refractivity contribution is 1.08. The molecule has 12 aromatic rings. The Morgan fingerprint density at radius 1 is 0.295 bits per heavy atom. The van der Waals surface area contributed by atoms with E-state index in [0.29, 0.717) is 17.5 Å². The minimum absolute atomic E-state index is 0.618. The summed E-state index contributed by atoms with van der Waals surface area (Å²) in [6, 6.07) is 77.5. The summed E-state index contributed by atoms with van der Waals surface area (Å²) in [5.41, 5.74) is 10.8. The standard InChI is InChI=1S/C57H36N4/c1-3-16-37(17-4-1)43-22-11-12-26-50(43)56-58-55(59-57(60-56)53-45-24-10-8-19-41(45)36-51-44-23-9-7-18-38(44)34-35-48(51)53)40-32-30-39(31-33-40)46-27-15-28-49-47-25-13-14-29-52(47)61(54(46)49)42-20-5-2-6-21-42/h1-36H. The molecule has 0 saturated carbocycles. The summed E-state index contributed by atoms with van der Waals surface area (Å²) in [5, 5.41) is 9.37. The molecule has 0 aliphatic heterocycles. The topological polar surface area (TPSA) is 43.6 Å². The summed E-state index contributed by atoms with van der Waals surface area (Å²) in [6.07, 6.45) is 0. The van der Waals surface area contributed by atoms with Crippen molar-refractivity contribution < 1.29 is 0 Å². The lowest BCUT2D eigenvalue weighted by Crippen LogP contribution is -2.02. The van der Waals surface area contributed by atoms with Crippen LogP contribution in [0.4, 0.5) is 0 Å². The molecule has 0 aliphatic carbocycles. The molecule has 12 rings (SSSR count). The molecule has 61 heavy (non-hydrogen) atoms. The highest BCUT2D eigenvalue weighted by molar-refractivity contribution is 6.19. The highest BCUT2D eigenvalue weighted by Gasteiger charge is 2.21. The summed E-state index contributed by atoms with van der Waals surface area (Å²) >= 11 is 0. The molecular formula is C57H36N4. The van der Waals surface area contributed by atoms with Crippen LogP contribution in [0, 0.1) is 0 Å². The Balaban J connectivity index is 1.08. The predicted octanol–water partition coefficient (Wildman–Crippen LogP) is 14.8. The van der Waals surface area contributed by atoms with Gasteiger partial charge >= 0.3 is 0 Å². The molecule has 0 atom stereocenters. The van der Waals surface area contributed by atoms with Crippen LogP contribution >= 0.6 is 0 Å². The Hall–Kier alpha value is -8.21. The van der Waals surface area contributed by atoms with Gasteiger partial charge in [0, 0.05) is 38.7 Å². The molecule has 0 radical (unpaired) electrons. The second-order valence-electron chi connectivity index (χ2n) is 15.5. The molecule has 0 amide bonds. The molecule has 0 spiro atoms. The van der Waals surface area contributed by atoms with Crippen LogP contribution in [-0.4, -0.2) is 19.5 Å². The maximum Gasteiger partial charge on any atom is 0.165 e. The van der Waals surface area contributed by atoms with Gasteiger partial charge in [0.1, 0.15) is 0 Å². The van der Waals surface area contributed by atoms with E-state index < -0.39 is 0 Å². The maximum atomic E-state index is 5.40. The Morgan fingerprint density at radius 3 is 1.69 bits per heavy atom. The monoisotopic (exact) mass is 776 g/mol. The lowest BCUT2D eigenvalue weighted by atomic mass is 9.93. The Morgan fingerprint density at radius 2 is 0.869 bits per heavy atom. The van der Waals surface area contributed by atoms with Crippen molar-refractivity contribution in [2.45, 2.75) is 0 Å². The summed E-state index contributed by atoms with van der Waals surface area (Å²) in [7, 11) is 0. The van der Waals surface area contributed by atoms with Crippen molar-refractivity contribution >= 4 is 54.1 Å². The highest BCUT2D eigenvalue weighted by Crippen LogP contribution is 2.41. The van der Waals surface area contributed by atoms with Crippen LogP contribution in [0.5, 0.6) is 0 Å². The predicted molar refractivity (Wildman–Crippen MR) is 254 cm³/mol. The Labute approximate surface area is 352 Å². The van der Waals surface area contributed by atoms with Crippen molar-refractivity contribution in [2.24, 2.45) is 0 Å². The summed E-state index contributed by atoms with van der Waals surface area (Å²) in [4.78, 5) is 16.1. The molecule has 284 valence electrons. The van der Waals surface area contributed by atoms with E-state index in [1.54, 1.807) is 0 Å². The summed E-state index contributed by atoms with van der Waals surface area (Å²) < 4.78 is 2.39. The normalized spacial score (nSPS) is 11.6. The van der Waals surface area contributed by atoms with Gasteiger partial charge in [0.05, 0.1) is 11.0 Å². The molecule has 0 unspecified atom stereocenters. The van der Waals surface area contributed by atoms with Gasteiger partial charge in [0.15, 0.2) is 17.5 Å². The minimum atomic E-state index is 0.618. The second-order valence-corrected chi connectivity index (χ2v) is 15.5. The zero-order valence-corrected chi connectivity index (χ0v) is 33.1. The second kappa shape index (κ2) is 14.3. The van der Waals surface area contributed by atoms with Gasteiger partial charge in [-0.15, -0.1) is 0 Å². The molecule has 0 fully saturated rings. The van der Waals surface area contributed by atoms with Gasteiger partial charge in [-0.3, -0.25) is 0 Å². The van der Waals surface area contributed by atoms with Gasteiger partial charge in [0.2, 0.25) is 0 Å². The number of fused-ring (bicyclic) bond motifs is 7. The van der Waals surface area contributed by atoms with Gasteiger partial charge in [0.25, 0.3) is 0 Å². The van der Waals surface area contributed by atoms with Crippen molar-refractivity contribution in [3.63, 3.8) is 0 Å². The number of hydrogen-bond donors (Lipinski definition) is 0. The van der Waals surface area contributed by atoms with Crippen molar-refractivity contribution in [1.82, 2.24) is 19.5 Å². The van der Waals surface area contributed by atoms with Gasteiger partial charge < -0.3 is 4.57 Å². The Bertz CT molecular complexity index is 3630. The van der Waals surface area contributed by atoms with E-state index in [9.17, 15) is 0 Å². The van der Waals surface area contributed by atoms with E-state index in [-0.39, 0.29) is 0 Å². The van der Waals surface area contributed by atoms with Crippen molar-refractivity contribution in [1.29, 1.82) is 0 Å². The average molecular weight is 777 g/mol. The quantitative estimate of drug-likeness (QED) is 0.125. The molecule has 0 bridgehead atoms. The number of aromatic nitrogens is 4. The van der Waals surface area contributed by atoms with Crippen LogP contribution in [0.1, 0.15) is 0 Å². The molecule has 0 saturated heterocycles. The molecular weight excluding hydrogens is 741 g/mol. The van der Waals surface area contributed by atoms with Crippen LogP contribution in [-0.2, 0) is 0 Å². The van der Waals surface area contributed by atoms with E-state index in [4.69, 9.17) is 15.0 Å². The van der Waals surface area contributed by atoms with E-state index in [2.05, 4.69) is 217 Å². The molecule has 2 heterocycles. The maximum absolute atomic E-state index is 5.40. The summed E-state index contributed by atoms with van der Waals surface area (Å²) in [6.45, 7) is 0. The van der Waals surface area contributed by atoms with Crippen molar-refractivity contribution in [2.75, 3.05) is 0 Å². The van der Waals surface area contributed by atoms with Crippen LogP contribution < -0.4 is 0 Å². The van der Waals surface area contributed by atoms with Crippen LogP contribution in [0.15, 0.2) is 218 Å². The van der Waals surface area contributed by atoms with Gasteiger partial charge in [-0.1, -0.05) is 194 Å². The fraction of sp³-hybridized carbons (Fsp3) is 0. The van der Waals surface area contributed by atoms with Crippen LogP contribution in [0.25, 0.3) is 116 Å². The van der Waals surface area contributed by atoms with E-state index in [1.807, 2.05) is 6.07 Å². The fourth-order valence-corrected chi connectivity index (χ4v) is 9.24. The van der Waals surface area contributed by atoms with Gasteiger partial charge in [-0.25, -0.2) is 15.0 Å². The first-order valence-electron chi connectivity index (χ1n) is 20.7. The first-order valence-corrected chi connectivity index (χ1v) is 20.7. The highest BCUT2D eigenvalue weighted by atomic mass is 15.0. The fourth-order valence-electron chi connectivity index (χ4n) is 9.24. The number of para-hydroxylation sites is 3. The van der Waals surface area contributed by atoms with Crippen molar-refractivity contribution in [3.8, 4) is 62.1 Å². The average Bonchev–Trinajstić information content (AvgIpc) is 3.68. The smallest absolute Gasteiger partial charge is 0.165 e. The number of rotatable bonds is 6. The number of benzene rings is 10. The van der Waals surface area contributed by atoms with E-state index >= 15 is 0 Å². The molecule has 0 N–H and O–H groups in total. The minimum Gasteiger partial charge on any atom is -0.309 e. The lowest BCUT2D eigenvalue weighted by Gasteiger charge is -2.16. The number of hydrogen-bond acceptors (Lipinski definition) is 3. The summed E-state index contributed by atoms with van der Waals surface area (Å²) in [5.74, 6) is 1.89. The van der Waals surface area contributed by atoms with Crippen LogP contribution in [0.2, 0.25) is 0 Å². The third-order valence-electron chi connectivity index (χ3n) is 12.0. The van der Waals surface area contributed by atoms with Gasteiger partial charge in [-0.2, -0.15) is 0 Å². The zero-order valence-electron chi connectivity index (χ0n) is 33.1. The zero-order chi connectivity index (χ0) is 40.3. The molecule has 2 aromatic heterocycles. The molecule has 4 heteroatoms. The van der Waals surface area contributed by atoms with Gasteiger partial charge in [-0.05, 0) is 73.3 Å². The van der Waals surface area contributed by atoms with Crippen LogP contribution in [0.3, 0.4) is 0 Å². The SMILES string of the molecule is c1ccc(-c2ccccc2-c2nc(-c3ccc(-c4cccc5c6ccccc6n(-c6ccccc6)c45)cc3)nc(-c3c4ccccc4cc4c3ccc3ccccc34)n2)cc1. The molecule has 4 nitrogen and oxygen atoms in total. The third-order valence-corrected chi connectivity index (χ3v) is 12.0.